The van der Waals surface area contributed by atoms with Crippen LogP contribution < -0.4 is 0 Å². The fourth-order valence-electron chi connectivity index (χ4n) is 3.38. The standard InChI is InChI=1S/C19H33N3/c1-4-21(5-2)16-15-20(3)19-11-13-22(14-12-19)17-18-9-7-6-8-10-18/h6-10,19H,4-5,11-17H2,1-3H3. The average molecular weight is 303 g/mol. The predicted octanol–water partition coefficient (Wildman–Crippen LogP) is 2.92. The van der Waals surface area contributed by atoms with Gasteiger partial charge in [0.25, 0.3) is 0 Å². The van der Waals surface area contributed by atoms with Gasteiger partial charge in [-0.15, -0.1) is 0 Å². The molecule has 0 unspecified atom stereocenters. The van der Waals surface area contributed by atoms with Crippen LogP contribution in [0.1, 0.15) is 32.3 Å². The van der Waals surface area contributed by atoms with E-state index in [-0.39, 0.29) is 0 Å². The summed E-state index contributed by atoms with van der Waals surface area (Å²) in [6, 6.07) is 11.6. The Kier molecular flexibility index (Phi) is 7.37. The number of likely N-dealkylation sites (tertiary alicyclic amines) is 1. The number of piperidine rings is 1. The third-order valence-electron chi connectivity index (χ3n) is 5.09. The van der Waals surface area contributed by atoms with Crippen molar-refractivity contribution in [3.05, 3.63) is 35.9 Å². The first-order valence-corrected chi connectivity index (χ1v) is 8.91. The van der Waals surface area contributed by atoms with Gasteiger partial charge >= 0.3 is 0 Å². The molecule has 0 aliphatic carbocycles. The largest absolute Gasteiger partial charge is 0.303 e. The van der Waals surface area contributed by atoms with Crippen LogP contribution in [-0.2, 0) is 6.54 Å². The highest BCUT2D eigenvalue weighted by molar-refractivity contribution is 5.14. The number of hydrogen-bond donors (Lipinski definition) is 0. The van der Waals surface area contributed by atoms with Crippen molar-refractivity contribution in [2.75, 3.05) is 46.3 Å². The molecule has 1 fully saturated rings. The van der Waals surface area contributed by atoms with Gasteiger partial charge in [-0.3, -0.25) is 4.90 Å². The van der Waals surface area contributed by atoms with Crippen LogP contribution in [0, 0.1) is 0 Å². The van der Waals surface area contributed by atoms with E-state index in [1.54, 1.807) is 0 Å². The minimum absolute atomic E-state index is 0.766. The minimum Gasteiger partial charge on any atom is -0.303 e. The van der Waals surface area contributed by atoms with Crippen molar-refractivity contribution in [1.82, 2.24) is 14.7 Å². The first kappa shape index (κ1) is 17.5. The number of benzene rings is 1. The molecule has 1 saturated heterocycles. The first-order valence-electron chi connectivity index (χ1n) is 8.91. The lowest BCUT2D eigenvalue weighted by atomic mass is 10.0. The summed E-state index contributed by atoms with van der Waals surface area (Å²) in [7, 11) is 2.31. The molecule has 1 aromatic carbocycles. The zero-order chi connectivity index (χ0) is 15.8. The Morgan fingerprint density at radius 2 is 1.64 bits per heavy atom. The maximum atomic E-state index is 2.60. The van der Waals surface area contributed by atoms with Crippen molar-refractivity contribution in [3.8, 4) is 0 Å². The lowest BCUT2D eigenvalue weighted by Crippen LogP contribution is -2.45. The highest BCUT2D eigenvalue weighted by atomic mass is 15.2. The van der Waals surface area contributed by atoms with E-state index in [0.29, 0.717) is 0 Å². The zero-order valence-corrected chi connectivity index (χ0v) is 14.7. The lowest BCUT2D eigenvalue weighted by Gasteiger charge is -2.37. The van der Waals surface area contributed by atoms with Gasteiger partial charge in [0, 0.05) is 25.7 Å². The van der Waals surface area contributed by atoms with Crippen molar-refractivity contribution in [2.45, 2.75) is 39.3 Å². The quantitative estimate of drug-likeness (QED) is 0.731. The summed E-state index contributed by atoms with van der Waals surface area (Å²) in [5.41, 5.74) is 1.44. The van der Waals surface area contributed by atoms with Crippen molar-refractivity contribution in [1.29, 1.82) is 0 Å². The van der Waals surface area contributed by atoms with Crippen LogP contribution in [0.2, 0.25) is 0 Å². The molecule has 0 saturated carbocycles. The van der Waals surface area contributed by atoms with Gasteiger partial charge in [0.05, 0.1) is 0 Å². The Balaban J connectivity index is 1.70. The van der Waals surface area contributed by atoms with E-state index in [0.717, 1.165) is 12.6 Å². The molecule has 1 aromatic rings. The average Bonchev–Trinajstić information content (AvgIpc) is 2.57. The van der Waals surface area contributed by atoms with Gasteiger partial charge in [0.15, 0.2) is 0 Å². The summed E-state index contributed by atoms with van der Waals surface area (Å²) in [4.78, 5) is 7.70. The number of rotatable bonds is 8. The Morgan fingerprint density at radius 3 is 2.23 bits per heavy atom. The molecular formula is C19H33N3. The number of nitrogens with zero attached hydrogens (tertiary/aromatic N) is 3. The highest BCUT2D eigenvalue weighted by Crippen LogP contribution is 2.17. The molecule has 0 radical (unpaired) electrons. The Morgan fingerprint density at radius 1 is 1.00 bits per heavy atom. The van der Waals surface area contributed by atoms with E-state index in [4.69, 9.17) is 0 Å². The van der Waals surface area contributed by atoms with Gasteiger partial charge in [-0.05, 0) is 51.6 Å². The molecule has 0 N–H and O–H groups in total. The fraction of sp³-hybridized carbons (Fsp3) is 0.684. The molecule has 22 heavy (non-hydrogen) atoms. The van der Waals surface area contributed by atoms with Gasteiger partial charge in [-0.25, -0.2) is 0 Å². The van der Waals surface area contributed by atoms with E-state index in [9.17, 15) is 0 Å². The maximum absolute atomic E-state index is 2.60. The molecular weight excluding hydrogens is 270 g/mol. The van der Waals surface area contributed by atoms with Gasteiger partial charge < -0.3 is 9.80 Å². The molecule has 1 aliphatic heterocycles. The van der Waals surface area contributed by atoms with E-state index in [2.05, 4.69) is 65.9 Å². The lowest BCUT2D eigenvalue weighted by molar-refractivity contribution is 0.114. The molecule has 0 spiro atoms. The van der Waals surface area contributed by atoms with Crippen LogP contribution >= 0.6 is 0 Å². The first-order chi connectivity index (χ1) is 10.7. The van der Waals surface area contributed by atoms with Gasteiger partial charge in [-0.2, -0.15) is 0 Å². The summed E-state index contributed by atoms with van der Waals surface area (Å²) in [5.74, 6) is 0. The van der Waals surface area contributed by atoms with E-state index >= 15 is 0 Å². The molecule has 3 heteroatoms. The second-order valence-electron chi connectivity index (χ2n) is 6.50. The zero-order valence-electron chi connectivity index (χ0n) is 14.7. The van der Waals surface area contributed by atoms with E-state index in [1.165, 1.54) is 57.7 Å². The Hall–Kier alpha value is -0.900. The van der Waals surface area contributed by atoms with Crippen molar-refractivity contribution >= 4 is 0 Å². The highest BCUT2D eigenvalue weighted by Gasteiger charge is 2.22. The van der Waals surface area contributed by atoms with Crippen molar-refractivity contribution in [2.24, 2.45) is 0 Å². The van der Waals surface area contributed by atoms with Crippen molar-refractivity contribution < 1.29 is 0 Å². The van der Waals surface area contributed by atoms with Gasteiger partial charge in [0.2, 0.25) is 0 Å². The van der Waals surface area contributed by atoms with Crippen LogP contribution in [0.5, 0.6) is 0 Å². The van der Waals surface area contributed by atoms with E-state index < -0.39 is 0 Å². The van der Waals surface area contributed by atoms with Crippen LogP contribution in [0.25, 0.3) is 0 Å². The fourth-order valence-corrected chi connectivity index (χ4v) is 3.38. The van der Waals surface area contributed by atoms with Crippen molar-refractivity contribution in [3.63, 3.8) is 0 Å². The topological polar surface area (TPSA) is 9.72 Å². The van der Waals surface area contributed by atoms with Crippen LogP contribution in [0.15, 0.2) is 30.3 Å². The molecule has 124 valence electrons. The smallest absolute Gasteiger partial charge is 0.0233 e. The van der Waals surface area contributed by atoms with Crippen LogP contribution in [0.4, 0.5) is 0 Å². The summed E-state index contributed by atoms with van der Waals surface area (Å²) >= 11 is 0. The van der Waals surface area contributed by atoms with Gasteiger partial charge in [0.1, 0.15) is 0 Å². The number of hydrogen-bond acceptors (Lipinski definition) is 3. The maximum Gasteiger partial charge on any atom is 0.0233 e. The molecule has 0 aromatic heterocycles. The van der Waals surface area contributed by atoms with Crippen LogP contribution in [0.3, 0.4) is 0 Å². The van der Waals surface area contributed by atoms with Crippen LogP contribution in [-0.4, -0.2) is 67.1 Å². The Labute approximate surface area is 136 Å². The molecule has 0 bridgehead atoms. The Bertz CT molecular complexity index is 394. The SMILES string of the molecule is CCN(CC)CCN(C)C1CCN(Cc2ccccc2)CC1. The summed E-state index contributed by atoms with van der Waals surface area (Å²) in [6.07, 6.45) is 2.61. The second-order valence-corrected chi connectivity index (χ2v) is 6.50. The predicted molar refractivity (Wildman–Crippen MR) is 95.2 cm³/mol. The molecule has 2 rings (SSSR count). The summed E-state index contributed by atoms with van der Waals surface area (Å²) in [6.45, 7) is 12.8. The minimum atomic E-state index is 0.766. The molecule has 3 nitrogen and oxygen atoms in total. The molecule has 0 amide bonds. The second kappa shape index (κ2) is 9.29. The monoisotopic (exact) mass is 303 g/mol. The molecule has 1 heterocycles. The molecule has 1 aliphatic rings. The molecule has 0 atom stereocenters. The number of likely N-dealkylation sites (N-methyl/N-ethyl adjacent to an activating group) is 2. The normalized spacial score (nSPS) is 17.5. The summed E-state index contributed by atoms with van der Waals surface area (Å²) in [5, 5.41) is 0. The third-order valence-corrected chi connectivity index (χ3v) is 5.09. The third kappa shape index (κ3) is 5.38. The van der Waals surface area contributed by atoms with Gasteiger partial charge in [-0.1, -0.05) is 44.2 Å². The summed E-state index contributed by atoms with van der Waals surface area (Å²) < 4.78 is 0. The van der Waals surface area contributed by atoms with E-state index in [1.807, 2.05) is 0 Å².